The number of aryl methyl sites for hydroxylation is 3. The van der Waals surface area contributed by atoms with Gasteiger partial charge in [0, 0.05) is 15.3 Å². The molecule has 0 bridgehead atoms. The van der Waals surface area contributed by atoms with Crippen molar-refractivity contribution in [3.8, 4) is 0 Å². The van der Waals surface area contributed by atoms with Crippen molar-refractivity contribution in [2.24, 2.45) is 0 Å². The molecular formula is C17H20IN. The second-order valence-electron chi connectivity index (χ2n) is 5.17. The number of halogens is 1. The van der Waals surface area contributed by atoms with Gasteiger partial charge in [-0.05, 0) is 84.7 Å². The van der Waals surface area contributed by atoms with Gasteiger partial charge in [0.15, 0.2) is 0 Å². The molecule has 2 aromatic carbocycles. The van der Waals surface area contributed by atoms with Crippen LogP contribution in [-0.2, 0) is 0 Å². The normalized spacial score (nSPS) is 12.3. The predicted octanol–water partition coefficient (Wildman–Crippen LogP) is 5.39. The van der Waals surface area contributed by atoms with Gasteiger partial charge in [0.2, 0.25) is 0 Å². The first-order chi connectivity index (χ1) is 8.97. The Hall–Kier alpha value is -1.03. The standard InChI is InChI=1S/C17H20IN/c1-11-5-7-15(9-13(11)3)14(4)19-16-8-6-12(2)17(18)10-16/h5-10,14,19H,1-4H3. The van der Waals surface area contributed by atoms with Crippen molar-refractivity contribution in [3.63, 3.8) is 0 Å². The Morgan fingerprint density at radius 2 is 1.58 bits per heavy atom. The van der Waals surface area contributed by atoms with Gasteiger partial charge in [0.25, 0.3) is 0 Å². The maximum Gasteiger partial charge on any atom is 0.0485 e. The fourth-order valence-electron chi connectivity index (χ4n) is 2.05. The van der Waals surface area contributed by atoms with Gasteiger partial charge >= 0.3 is 0 Å². The van der Waals surface area contributed by atoms with Crippen LogP contribution in [0.4, 0.5) is 5.69 Å². The fourth-order valence-corrected chi connectivity index (χ4v) is 2.57. The Bertz CT molecular complexity index is 590. The van der Waals surface area contributed by atoms with E-state index >= 15 is 0 Å². The van der Waals surface area contributed by atoms with E-state index in [0.717, 1.165) is 0 Å². The first-order valence-corrected chi connectivity index (χ1v) is 7.65. The molecule has 2 heteroatoms. The van der Waals surface area contributed by atoms with Crippen molar-refractivity contribution < 1.29 is 0 Å². The second kappa shape index (κ2) is 5.95. The van der Waals surface area contributed by atoms with Crippen LogP contribution in [0.15, 0.2) is 36.4 Å². The van der Waals surface area contributed by atoms with Crippen LogP contribution in [0.1, 0.15) is 35.2 Å². The lowest BCUT2D eigenvalue weighted by Gasteiger charge is -2.17. The van der Waals surface area contributed by atoms with Crippen LogP contribution in [0.25, 0.3) is 0 Å². The molecule has 1 N–H and O–H groups in total. The van der Waals surface area contributed by atoms with E-state index < -0.39 is 0 Å². The molecule has 1 atom stereocenters. The van der Waals surface area contributed by atoms with Crippen LogP contribution in [0, 0.1) is 24.3 Å². The highest BCUT2D eigenvalue weighted by molar-refractivity contribution is 14.1. The largest absolute Gasteiger partial charge is 0.378 e. The molecule has 2 aromatic rings. The van der Waals surface area contributed by atoms with E-state index in [4.69, 9.17) is 0 Å². The SMILES string of the molecule is Cc1ccc(C(C)Nc2ccc(C)c(I)c2)cc1C. The van der Waals surface area contributed by atoms with E-state index in [1.54, 1.807) is 0 Å². The first-order valence-electron chi connectivity index (χ1n) is 6.57. The molecule has 19 heavy (non-hydrogen) atoms. The second-order valence-corrected chi connectivity index (χ2v) is 6.34. The average molecular weight is 365 g/mol. The molecule has 1 nitrogen and oxygen atoms in total. The monoisotopic (exact) mass is 365 g/mol. The van der Waals surface area contributed by atoms with E-state index in [1.807, 2.05) is 0 Å². The smallest absolute Gasteiger partial charge is 0.0485 e. The Morgan fingerprint density at radius 1 is 0.895 bits per heavy atom. The van der Waals surface area contributed by atoms with Crippen molar-refractivity contribution in [2.45, 2.75) is 33.7 Å². The van der Waals surface area contributed by atoms with Crippen molar-refractivity contribution in [3.05, 3.63) is 62.2 Å². The van der Waals surface area contributed by atoms with Gasteiger partial charge in [0.05, 0.1) is 0 Å². The molecule has 0 saturated carbocycles. The zero-order chi connectivity index (χ0) is 14.0. The molecule has 0 aliphatic rings. The third kappa shape index (κ3) is 3.50. The maximum absolute atomic E-state index is 3.57. The Kier molecular flexibility index (Phi) is 4.50. The molecular weight excluding hydrogens is 345 g/mol. The zero-order valence-electron chi connectivity index (χ0n) is 11.9. The summed E-state index contributed by atoms with van der Waals surface area (Å²) in [5.74, 6) is 0. The highest BCUT2D eigenvalue weighted by Crippen LogP contribution is 2.23. The van der Waals surface area contributed by atoms with E-state index in [1.165, 1.54) is 31.5 Å². The van der Waals surface area contributed by atoms with Crippen molar-refractivity contribution in [2.75, 3.05) is 5.32 Å². The van der Waals surface area contributed by atoms with Crippen LogP contribution in [-0.4, -0.2) is 0 Å². The van der Waals surface area contributed by atoms with Crippen LogP contribution >= 0.6 is 22.6 Å². The summed E-state index contributed by atoms with van der Waals surface area (Å²) in [6, 6.07) is 13.5. The Morgan fingerprint density at radius 3 is 2.21 bits per heavy atom. The average Bonchev–Trinajstić information content (AvgIpc) is 2.37. The minimum atomic E-state index is 0.317. The lowest BCUT2D eigenvalue weighted by atomic mass is 10.0. The minimum absolute atomic E-state index is 0.317. The van der Waals surface area contributed by atoms with Gasteiger partial charge < -0.3 is 5.32 Å². The Balaban J connectivity index is 2.17. The van der Waals surface area contributed by atoms with Gasteiger partial charge in [-0.1, -0.05) is 24.3 Å². The quantitative estimate of drug-likeness (QED) is 0.720. The highest BCUT2D eigenvalue weighted by atomic mass is 127. The third-order valence-electron chi connectivity index (χ3n) is 3.59. The van der Waals surface area contributed by atoms with E-state index in [9.17, 15) is 0 Å². The number of rotatable bonds is 3. The first kappa shape index (κ1) is 14.4. The van der Waals surface area contributed by atoms with Crippen molar-refractivity contribution in [1.29, 1.82) is 0 Å². The molecule has 0 aliphatic heterocycles. The van der Waals surface area contributed by atoms with Gasteiger partial charge in [-0.15, -0.1) is 0 Å². The molecule has 0 amide bonds. The maximum atomic E-state index is 3.57. The molecule has 0 radical (unpaired) electrons. The molecule has 0 aliphatic carbocycles. The topological polar surface area (TPSA) is 12.0 Å². The number of nitrogens with one attached hydrogen (secondary N) is 1. The summed E-state index contributed by atoms with van der Waals surface area (Å²) in [4.78, 5) is 0. The molecule has 0 saturated heterocycles. The summed E-state index contributed by atoms with van der Waals surface area (Å²) in [7, 11) is 0. The molecule has 100 valence electrons. The van der Waals surface area contributed by atoms with Crippen LogP contribution in [0.3, 0.4) is 0 Å². The van der Waals surface area contributed by atoms with E-state index in [-0.39, 0.29) is 0 Å². The predicted molar refractivity (Wildman–Crippen MR) is 91.8 cm³/mol. The summed E-state index contributed by atoms with van der Waals surface area (Å²) >= 11 is 2.38. The molecule has 1 unspecified atom stereocenters. The number of anilines is 1. The van der Waals surface area contributed by atoms with Crippen LogP contribution < -0.4 is 5.32 Å². The zero-order valence-corrected chi connectivity index (χ0v) is 14.1. The van der Waals surface area contributed by atoms with Gasteiger partial charge in [-0.25, -0.2) is 0 Å². The fraction of sp³-hybridized carbons (Fsp3) is 0.294. The van der Waals surface area contributed by atoms with E-state index in [2.05, 4.69) is 92.0 Å². The van der Waals surface area contributed by atoms with Gasteiger partial charge in [-0.3, -0.25) is 0 Å². The summed E-state index contributed by atoms with van der Waals surface area (Å²) in [5, 5.41) is 3.57. The molecule has 0 spiro atoms. The van der Waals surface area contributed by atoms with Gasteiger partial charge in [0.1, 0.15) is 0 Å². The summed E-state index contributed by atoms with van der Waals surface area (Å²) in [6.45, 7) is 8.66. The third-order valence-corrected chi connectivity index (χ3v) is 4.75. The minimum Gasteiger partial charge on any atom is -0.378 e. The molecule has 0 heterocycles. The van der Waals surface area contributed by atoms with E-state index in [0.29, 0.717) is 6.04 Å². The van der Waals surface area contributed by atoms with Gasteiger partial charge in [-0.2, -0.15) is 0 Å². The molecule has 2 rings (SSSR count). The number of benzene rings is 2. The Labute approximate surface area is 129 Å². The summed E-state index contributed by atoms with van der Waals surface area (Å²) < 4.78 is 1.30. The molecule has 0 aromatic heterocycles. The number of hydrogen-bond donors (Lipinski definition) is 1. The summed E-state index contributed by atoms with van der Waals surface area (Å²) in [6.07, 6.45) is 0. The number of hydrogen-bond acceptors (Lipinski definition) is 1. The van der Waals surface area contributed by atoms with Crippen molar-refractivity contribution >= 4 is 28.3 Å². The lowest BCUT2D eigenvalue weighted by Crippen LogP contribution is -2.07. The lowest BCUT2D eigenvalue weighted by molar-refractivity contribution is 0.881. The van der Waals surface area contributed by atoms with Crippen molar-refractivity contribution in [1.82, 2.24) is 0 Å². The van der Waals surface area contributed by atoms with Crippen LogP contribution in [0.5, 0.6) is 0 Å². The highest BCUT2D eigenvalue weighted by Gasteiger charge is 2.07. The molecule has 0 fully saturated rings. The van der Waals surface area contributed by atoms with Crippen LogP contribution in [0.2, 0.25) is 0 Å². The summed E-state index contributed by atoms with van der Waals surface area (Å²) in [5.41, 5.74) is 6.54.